The number of hydrogen-bond acceptors (Lipinski definition) is 2. The van der Waals surface area contributed by atoms with E-state index in [-0.39, 0.29) is 6.10 Å². The van der Waals surface area contributed by atoms with Crippen LogP contribution in [0.2, 0.25) is 0 Å². The Kier molecular flexibility index (Phi) is 4.43. The van der Waals surface area contributed by atoms with Crippen molar-refractivity contribution in [3.05, 3.63) is 29.8 Å². The number of para-hydroxylation sites is 1. The lowest BCUT2D eigenvalue weighted by molar-refractivity contribution is -0.676. The van der Waals surface area contributed by atoms with Crippen molar-refractivity contribution in [2.24, 2.45) is 0 Å². The zero-order chi connectivity index (χ0) is 10.4. The molecule has 0 fully saturated rings. The maximum Gasteiger partial charge on any atom is 0.127 e. The van der Waals surface area contributed by atoms with E-state index in [2.05, 4.69) is 5.32 Å². The molecule has 0 aliphatic carbocycles. The lowest BCUT2D eigenvalue weighted by Gasteiger charge is -2.07. The van der Waals surface area contributed by atoms with Crippen LogP contribution in [0.25, 0.3) is 0 Å². The van der Waals surface area contributed by atoms with Gasteiger partial charge in [-0.25, -0.2) is 0 Å². The first-order valence-corrected chi connectivity index (χ1v) is 4.85. The van der Waals surface area contributed by atoms with E-state index in [1.54, 1.807) is 14.0 Å². The van der Waals surface area contributed by atoms with Crippen LogP contribution < -0.4 is 10.1 Å². The lowest BCUT2D eigenvalue weighted by Crippen LogP contribution is -2.84. The SMILES string of the molecule is COc1ccccc1C[NH2+]C[C@@H](C)O. The number of hydrogen-bond donors (Lipinski definition) is 2. The van der Waals surface area contributed by atoms with Crippen LogP contribution in [-0.2, 0) is 6.54 Å². The Morgan fingerprint density at radius 2 is 2.14 bits per heavy atom. The number of aliphatic hydroxyl groups is 1. The Labute approximate surface area is 84.7 Å². The number of benzene rings is 1. The molecule has 3 nitrogen and oxygen atoms in total. The summed E-state index contributed by atoms with van der Waals surface area (Å²) in [4.78, 5) is 0. The molecule has 0 unspecified atom stereocenters. The summed E-state index contributed by atoms with van der Waals surface area (Å²) in [6.45, 7) is 3.35. The fourth-order valence-corrected chi connectivity index (χ4v) is 1.35. The van der Waals surface area contributed by atoms with E-state index in [9.17, 15) is 0 Å². The first-order chi connectivity index (χ1) is 6.74. The molecule has 0 saturated carbocycles. The molecule has 0 aliphatic heterocycles. The van der Waals surface area contributed by atoms with Crippen molar-refractivity contribution in [1.29, 1.82) is 0 Å². The van der Waals surface area contributed by atoms with Crippen molar-refractivity contribution >= 4 is 0 Å². The van der Waals surface area contributed by atoms with E-state index in [0.29, 0.717) is 0 Å². The smallest absolute Gasteiger partial charge is 0.127 e. The van der Waals surface area contributed by atoms with E-state index in [0.717, 1.165) is 24.4 Å². The van der Waals surface area contributed by atoms with Crippen LogP contribution in [0.5, 0.6) is 5.75 Å². The highest BCUT2D eigenvalue weighted by molar-refractivity contribution is 5.32. The number of aliphatic hydroxyl groups excluding tert-OH is 1. The quantitative estimate of drug-likeness (QED) is 0.703. The molecule has 0 amide bonds. The van der Waals surface area contributed by atoms with Crippen molar-refractivity contribution < 1.29 is 15.2 Å². The van der Waals surface area contributed by atoms with E-state index in [1.807, 2.05) is 24.3 Å². The summed E-state index contributed by atoms with van der Waals surface area (Å²) in [6.07, 6.45) is -0.260. The first kappa shape index (κ1) is 11.0. The second-order valence-electron chi connectivity index (χ2n) is 3.39. The number of nitrogens with two attached hydrogens (primary N) is 1. The zero-order valence-electron chi connectivity index (χ0n) is 8.73. The largest absolute Gasteiger partial charge is 0.496 e. The van der Waals surface area contributed by atoms with Gasteiger partial charge in [0.25, 0.3) is 0 Å². The van der Waals surface area contributed by atoms with Crippen LogP contribution in [0.15, 0.2) is 24.3 Å². The monoisotopic (exact) mass is 196 g/mol. The van der Waals surface area contributed by atoms with Gasteiger partial charge in [0, 0.05) is 5.56 Å². The number of methoxy groups -OCH3 is 1. The third-order valence-corrected chi connectivity index (χ3v) is 2.06. The van der Waals surface area contributed by atoms with Gasteiger partial charge in [-0.05, 0) is 19.1 Å². The summed E-state index contributed by atoms with van der Waals surface area (Å²) in [5.41, 5.74) is 1.16. The van der Waals surface area contributed by atoms with Gasteiger partial charge in [0.05, 0.1) is 13.2 Å². The predicted molar refractivity (Wildman–Crippen MR) is 55.2 cm³/mol. The fourth-order valence-electron chi connectivity index (χ4n) is 1.35. The molecule has 0 aromatic heterocycles. The van der Waals surface area contributed by atoms with Crippen LogP contribution in [-0.4, -0.2) is 24.9 Å². The highest BCUT2D eigenvalue weighted by atomic mass is 16.5. The molecule has 0 saturated heterocycles. The second kappa shape index (κ2) is 5.62. The van der Waals surface area contributed by atoms with Crippen molar-refractivity contribution in [3.8, 4) is 5.75 Å². The van der Waals surface area contributed by atoms with Crippen molar-refractivity contribution in [1.82, 2.24) is 0 Å². The van der Waals surface area contributed by atoms with Crippen LogP contribution in [0.3, 0.4) is 0 Å². The zero-order valence-corrected chi connectivity index (χ0v) is 8.73. The van der Waals surface area contributed by atoms with Crippen LogP contribution in [0.4, 0.5) is 0 Å². The number of rotatable bonds is 5. The molecular weight excluding hydrogens is 178 g/mol. The molecule has 3 N–H and O–H groups in total. The molecule has 3 heteroatoms. The van der Waals surface area contributed by atoms with Gasteiger partial charge < -0.3 is 15.2 Å². The minimum Gasteiger partial charge on any atom is -0.496 e. The highest BCUT2D eigenvalue weighted by Gasteiger charge is 2.04. The summed E-state index contributed by atoms with van der Waals surface area (Å²) in [5.74, 6) is 0.911. The summed E-state index contributed by atoms with van der Waals surface area (Å²) < 4.78 is 5.22. The number of ether oxygens (including phenoxy) is 1. The summed E-state index contributed by atoms with van der Waals surface area (Å²) in [7, 11) is 1.67. The standard InChI is InChI=1S/C11H17NO2/c1-9(13)7-12-8-10-5-3-4-6-11(10)14-2/h3-6,9,12-13H,7-8H2,1-2H3/p+1/t9-/m1/s1. The summed E-state index contributed by atoms with van der Waals surface area (Å²) in [6, 6.07) is 7.94. The maximum atomic E-state index is 9.09. The third-order valence-electron chi connectivity index (χ3n) is 2.06. The molecule has 0 radical (unpaired) electrons. The van der Waals surface area contributed by atoms with Gasteiger partial charge >= 0.3 is 0 Å². The molecule has 1 atom stereocenters. The second-order valence-corrected chi connectivity index (χ2v) is 3.39. The van der Waals surface area contributed by atoms with Crippen molar-refractivity contribution in [3.63, 3.8) is 0 Å². The molecule has 78 valence electrons. The third kappa shape index (κ3) is 3.36. The van der Waals surface area contributed by atoms with E-state index in [1.165, 1.54) is 0 Å². The normalized spacial score (nSPS) is 12.5. The molecule has 1 aromatic carbocycles. The van der Waals surface area contributed by atoms with E-state index < -0.39 is 0 Å². The van der Waals surface area contributed by atoms with E-state index in [4.69, 9.17) is 9.84 Å². The molecule has 0 heterocycles. The van der Waals surface area contributed by atoms with Crippen LogP contribution in [0, 0.1) is 0 Å². The molecule has 14 heavy (non-hydrogen) atoms. The Bertz CT molecular complexity index is 274. The Morgan fingerprint density at radius 1 is 1.43 bits per heavy atom. The van der Waals surface area contributed by atoms with Gasteiger partial charge in [-0.15, -0.1) is 0 Å². The Morgan fingerprint density at radius 3 is 2.79 bits per heavy atom. The molecule has 0 bridgehead atoms. The molecule has 1 aromatic rings. The average molecular weight is 196 g/mol. The van der Waals surface area contributed by atoms with Gasteiger partial charge in [0.2, 0.25) is 0 Å². The van der Waals surface area contributed by atoms with Gasteiger partial charge in [0.15, 0.2) is 0 Å². The fraction of sp³-hybridized carbons (Fsp3) is 0.455. The van der Waals surface area contributed by atoms with Crippen LogP contribution in [0.1, 0.15) is 12.5 Å². The minimum absolute atomic E-state index is 0.260. The Balaban J connectivity index is 2.49. The first-order valence-electron chi connectivity index (χ1n) is 4.85. The molecule has 0 spiro atoms. The molecular formula is C11H18NO2+. The maximum absolute atomic E-state index is 9.09. The molecule has 0 aliphatic rings. The average Bonchev–Trinajstić information content (AvgIpc) is 2.18. The van der Waals surface area contributed by atoms with Gasteiger partial charge in [0.1, 0.15) is 18.8 Å². The minimum atomic E-state index is -0.260. The van der Waals surface area contributed by atoms with Gasteiger partial charge in [-0.1, -0.05) is 12.1 Å². The lowest BCUT2D eigenvalue weighted by atomic mass is 10.2. The van der Waals surface area contributed by atoms with Crippen molar-refractivity contribution in [2.75, 3.05) is 13.7 Å². The van der Waals surface area contributed by atoms with Gasteiger partial charge in [-0.2, -0.15) is 0 Å². The van der Waals surface area contributed by atoms with Crippen molar-refractivity contribution in [2.45, 2.75) is 19.6 Å². The summed E-state index contributed by atoms with van der Waals surface area (Å²) in [5, 5.41) is 11.2. The predicted octanol–water partition coefficient (Wildman–Crippen LogP) is 0.139. The topological polar surface area (TPSA) is 46.1 Å². The number of quaternary nitrogens is 1. The summed E-state index contributed by atoms with van der Waals surface area (Å²) >= 11 is 0. The van der Waals surface area contributed by atoms with Crippen LogP contribution >= 0.6 is 0 Å². The molecule has 1 rings (SSSR count). The Hall–Kier alpha value is -1.06. The van der Waals surface area contributed by atoms with Gasteiger partial charge in [-0.3, -0.25) is 0 Å². The highest BCUT2D eigenvalue weighted by Crippen LogP contribution is 2.15. The van der Waals surface area contributed by atoms with E-state index >= 15 is 0 Å².